The maximum absolute atomic E-state index is 9.37. The minimum absolute atomic E-state index is 0.191. The summed E-state index contributed by atoms with van der Waals surface area (Å²) < 4.78 is 5.77. The van der Waals surface area contributed by atoms with Gasteiger partial charge in [0.1, 0.15) is 17.6 Å². The van der Waals surface area contributed by atoms with E-state index in [-0.39, 0.29) is 6.04 Å². The van der Waals surface area contributed by atoms with Gasteiger partial charge in [-0.2, -0.15) is 5.26 Å². The molecule has 0 aliphatic carbocycles. The van der Waals surface area contributed by atoms with Gasteiger partial charge in [0.2, 0.25) is 0 Å². The van der Waals surface area contributed by atoms with Gasteiger partial charge in [0, 0.05) is 25.2 Å². The first-order chi connectivity index (χ1) is 10.3. The van der Waals surface area contributed by atoms with Crippen molar-refractivity contribution in [1.82, 2.24) is 0 Å². The van der Waals surface area contributed by atoms with Crippen molar-refractivity contribution < 1.29 is 4.74 Å². The van der Waals surface area contributed by atoms with Gasteiger partial charge in [0.15, 0.2) is 0 Å². The number of rotatable bonds is 3. The van der Waals surface area contributed by atoms with Crippen LogP contribution in [0.1, 0.15) is 12.0 Å². The molecule has 1 saturated heterocycles. The van der Waals surface area contributed by atoms with Crippen molar-refractivity contribution in [3.8, 4) is 17.6 Å². The van der Waals surface area contributed by atoms with Gasteiger partial charge >= 0.3 is 0 Å². The van der Waals surface area contributed by atoms with Crippen LogP contribution >= 0.6 is 0 Å². The van der Waals surface area contributed by atoms with E-state index < -0.39 is 0 Å². The summed E-state index contributed by atoms with van der Waals surface area (Å²) in [6, 6.07) is 17.6. The molecule has 4 nitrogen and oxygen atoms in total. The molecule has 0 amide bonds. The van der Waals surface area contributed by atoms with Crippen molar-refractivity contribution in [2.75, 3.05) is 18.0 Å². The van der Waals surface area contributed by atoms with Gasteiger partial charge in [-0.25, -0.2) is 0 Å². The molecule has 106 valence electrons. The van der Waals surface area contributed by atoms with Crippen LogP contribution in [-0.4, -0.2) is 19.1 Å². The van der Waals surface area contributed by atoms with Gasteiger partial charge in [0.05, 0.1) is 11.3 Å². The lowest BCUT2D eigenvalue weighted by molar-refractivity contribution is 0.482. The zero-order chi connectivity index (χ0) is 14.7. The largest absolute Gasteiger partial charge is 0.457 e. The fourth-order valence-electron chi connectivity index (χ4n) is 2.57. The molecule has 2 aromatic carbocycles. The quantitative estimate of drug-likeness (QED) is 0.938. The summed E-state index contributed by atoms with van der Waals surface area (Å²) in [5.74, 6) is 1.43. The lowest BCUT2D eigenvalue weighted by atomic mass is 10.1. The van der Waals surface area contributed by atoms with Gasteiger partial charge in [-0.1, -0.05) is 18.2 Å². The predicted molar refractivity (Wildman–Crippen MR) is 82.5 cm³/mol. The average molecular weight is 279 g/mol. The zero-order valence-electron chi connectivity index (χ0n) is 11.7. The number of nitriles is 1. The Hall–Kier alpha value is -2.51. The number of para-hydroxylation sites is 1. The molecule has 0 saturated carbocycles. The van der Waals surface area contributed by atoms with E-state index in [1.807, 2.05) is 42.5 Å². The van der Waals surface area contributed by atoms with Gasteiger partial charge in [0.25, 0.3) is 0 Å². The highest BCUT2D eigenvalue weighted by atomic mass is 16.5. The highest BCUT2D eigenvalue weighted by molar-refractivity contribution is 5.62. The maximum atomic E-state index is 9.37. The first kappa shape index (κ1) is 13.5. The Balaban J connectivity index is 1.84. The van der Waals surface area contributed by atoms with E-state index in [9.17, 15) is 5.26 Å². The molecule has 1 fully saturated rings. The second-order valence-corrected chi connectivity index (χ2v) is 5.20. The zero-order valence-corrected chi connectivity index (χ0v) is 11.7. The lowest BCUT2D eigenvalue weighted by Crippen LogP contribution is -2.26. The summed E-state index contributed by atoms with van der Waals surface area (Å²) in [5, 5.41) is 9.37. The summed E-state index contributed by atoms with van der Waals surface area (Å²) in [7, 11) is 0. The lowest BCUT2D eigenvalue weighted by Gasteiger charge is -2.20. The van der Waals surface area contributed by atoms with Crippen molar-refractivity contribution >= 4 is 5.69 Å². The number of nitrogens with zero attached hydrogens (tertiary/aromatic N) is 2. The van der Waals surface area contributed by atoms with Crippen LogP contribution in [0.25, 0.3) is 0 Å². The predicted octanol–water partition coefficient (Wildman–Crippen LogP) is 2.89. The Morgan fingerprint density at radius 3 is 2.62 bits per heavy atom. The fraction of sp³-hybridized carbons (Fsp3) is 0.235. The van der Waals surface area contributed by atoms with Crippen molar-refractivity contribution in [3.05, 3.63) is 54.1 Å². The van der Waals surface area contributed by atoms with E-state index in [4.69, 9.17) is 10.5 Å². The minimum Gasteiger partial charge on any atom is -0.457 e. The number of benzene rings is 2. The molecule has 1 unspecified atom stereocenters. The van der Waals surface area contributed by atoms with Crippen LogP contribution in [0.15, 0.2) is 48.5 Å². The Bertz CT molecular complexity index is 663. The summed E-state index contributed by atoms with van der Waals surface area (Å²) >= 11 is 0. The number of ether oxygens (including phenoxy) is 1. The molecular formula is C17H17N3O. The van der Waals surface area contributed by atoms with Crippen LogP contribution in [-0.2, 0) is 0 Å². The average Bonchev–Trinajstić information content (AvgIpc) is 2.94. The van der Waals surface area contributed by atoms with Crippen LogP contribution < -0.4 is 15.4 Å². The molecule has 4 heteroatoms. The molecule has 0 bridgehead atoms. The van der Waals surface area contributed by atoms with Crippen molar-refractivity contribution in [3.63, 3.8) is 0 Å². The highest BCUT2D eigenvalue weighted by Gasteiger charge is 2.21. The first-order valence-corrected chi connectivity index (χ1v) is 7.04. The Morgan fingerprint density at radius 1 is 1.14 bits per heavy atom. The monoisotopic (exact) mass is 279 g/mol. The van der Waals surface area contributed by atoms with Gasteiger partial charge in [-0.15, -0.1) is 0 Å². The van der Waals surface area contributed by atoms with Crippen LogP contribution in [0.2, 0.25) is 0 Å². The standard InChI is InChI=1S/C17H17N3O/c18-11-13-10-16(21-15-4-2-1-3-5-15)6-7-17(13)20-9-8-14(19)12-20/h1-7,10,14H,8-9,12,19H2. The third kappa shape index (κ3) is 2.99. The number of nitrogens with two attached hydrogens (primary N) is 1. The highest BCUT2D eigenvalue weighted by Crippen LogP contribution is 2.29. The van der Waals surface area contributed by atoms with E-state index in [0.717, 1.165) is 30.9 Å². The fourth-order valence-corrected chi connectivity index (χ4v) is 2.57. The van der Waals surface area contributed by atoms with Gasteiger partial charge < -0.3 is 15.4 Å². The van der Waals surface area contributed by atoms with E-state index in [1.54, 1.807) is 6.07 Å². The molecule has 1 aliphatic rings. The van der Waals surface area contributed by atoms with Gasteiger partial charge in [-0.3, -0.25) is 0 Å². The Morgan fingerprint density at radius 2 is 1.95 bits per heavy atom. The topological polar surface area (TPSA) is 62.3 Å². The Kier molecular flexibility index (Phi) is 3.76. The molecular weight excluding hydrogens is 262 g/mol. The molecule has 0 spiro atoms. The molecule has 1 atom stereocenters. The van der Waals surface area contributed by atoms with Crippen LogP contribution in [0.4, 0.5) is 5.69 Å². The van der Waals surface area contributed by atoms with E-state index >= 15 is 0 Å². The van der Waals surface area contributed by atoms with Crippen LogP contribution in [0, 0.1) is 11.3 Å². The molecule has 0 radical (unpaired) electrons. The SMILES string of the molecule is N#Cc1cc(Oc2ccccc2)ccc1N1CCC(N)C1. The van der Waals surface area contributed by atoms with Crippen LogP contribution in [0.3, 0.4) is 0 Å². The minimum atomic E-state index is 0.191. The molecule has 1 aliphatic heterocycles. The maximum Gasteiger partial charge on any atom is 0.128 e. The Labute approximate surface area is 124 Å². The van der Waals surface area contributed by atoms with E-state index in [1.165, 1.54) is 0 Å². The third-order valence-corrected chi connectivity index (χ3v) is 3.63. The molecule has 2 N–H and O–H groups in total. The second kappa shape index (κ2) is 5.86. The summed E-state index contributed by atoms with van der Waals surface area (Å²) in [4.78, 5) is 2.16. The van der Waals surface area contributed by atoms with Crippen molar-refractivity contribution in [1.29, 1.82) is 5.26 Å². The third-order valence-electron chi connectivity index (χ3n) is 3.63. The summed E-state index contributed by atoms with van der Waals surface area (Å²) in [5.41, 5.74) is 7.50. The first-order valence-electron chi connectivity index (χ1n) is 7.04. The second-order valence-electron chi connectivity index (χ2n) is 5.20. The smallest absolute Gasteiger partial charge is 0.128 e. The summed E-state index contributed by atoms with van der Waals surface area (Å²) in [6.45, 7) is 1.70. The van der Waals surface area contributed by atoms with Gasteiger partial charge in [-0.05, 0) is 30.7 Å². The molecule has 1 heterocycles. The molecule has 3 rings (SSSR count). The van der Waals surface area contributed by atoms with Crippen molar-refractivity contribution in [2.24, 2.45) is 5.73 Å². The molecule has 21 heavy (non-hydrogen) atoms. The van der Waals surface area contributed by atoms with E-state index in [0.29, 0.717) is 11.3 Å². The molecule has 0 aromatic heterocycles. The van der Waals surface area contributed by atoms with E-state index in [2.05, 4.69) is 11.0 Å². The number of hydrogen-bond donors (Lipinski definition) is 1. The number of anilines is 1. The van der Waals surface area contributed by atoms with Crippen molar-refractivity contribution in [2.45, 2.75) is 12.5 Å². The molecule has 2 aromatic rings. The summed E-state index contributed by atoms with van der Waals surface area (Å²) in [6.07, 6.45) is 0.965. The normalized spacial score (nSPS) is 17.5. The number of hydrogen-bond acceptors (Lipinski definition) is 4. The van der Waals surface area contributed by atoms with Crippen LogP contribution in [0.5, 0.6) is 11.5 Å².